The lowest BCUT2D eigenvalue weighted by Gasteiger charge is -2.10. The van der Waals surface area contributed by atoms with Gasteiger partial charge in [-0.1, -0.05) is 12.1 Å². The number of rotatable bonds is 7. The summed E-state index contributed by atoms with van der Waals surface area (Å²) in [7, 11) is 3.59. The van der Waals surface area contributed by atoms with Gasteiger partial charge in [0.05, 0.1) is 13.3 Å². The van der Waals surface area contributed by atoms with Crippen molar-refractivity contribution in [1.29, 1.82) is 0 Å². The van der Waals surface area contributed by atoms with Gasteiger partial charge in [0.25, 0.3) is 0 Å². The van der Waals surface area contributed by atoms with Crippen LogP contribution in [0.1, 0.15) is 11.3 Å². The van der Waals surface area contributed by atoms with E-state index in [9.17, 15) is 0 Å². The number of hydrogen-bond acceptors (Lipinski definition) is 4. The van der Waals surface area contributed by atoms with E-state index in [-0.39, 0.29) is 0 Å². The Hall–Kier alpha value is -2.01. The van der Waals surface area contributed by atoms with E-state index in [0.717, 1.165) is 24.6 Å². The van der Waals surface area contributed by atoms with Crippen LogP contribution in [0.2, 0.25) is 0 Å². The minimum absolute atomic E-state index is 0.597. The van der Waals surface area contributed by atoms with Gasteiger partial charge in [0.1, 0.15) is 6.61 Å². The number of methoxy groups -OCH3 is 1. The van der Waals surface area contributed by atoms with Crippen LogP contribution >= 0.6 is 0 Å². The van der Waals surface area contributed by atoms with Crippen molar-refractivity contribution in [3.63, 3.8) is 0 Å². The van der Waals surface area contributed by atoms with E-state index >= 15 is 0 Å². The highest BCUT2D eigenvalue weighted by molar-refractivity contribution is 5.39. The molecule has 0 bridgehead atoms. The summed E-state index contributed by atoms with van der Waals surface area (Å²) in [5, 5.41) is 7.56. The Morgan fingerprint density at radius 2 is 2.00 bits per heavy atom. The SMILES string of the molecule is COc1ccccc1OCCNCc1cnn(C)c1C. The third-order valence-corrected chi connectivity index (χ3v) is 3.26. The third-order valence-electron chi connectivity index (χ3n) is 3.26. The monoisotopic (exact) mass is 275 g/mol. The fourth-order valence-electron chi connectivity index (χ4n) is 1.91. The molecule has 5 nitrogen and oxygen atoms in total. The Bertz CT molecular complexity index is 552. The maximum atomic E-state index is 5.69. The summed E-state index contributed by atoms with van der Waals surface area (Å²) in [6, 6.07) is 7.66. The minimum atomic E-state index is 0.597. The highest BCUT2D eigenvalue weighted by atomic mass is 16.5. The van der Waals surface area contributed by atoms with Crippen LogP contribution in [0.3, 0.4) is 0 Å². The molecule has 1 heterocycles. The molecule has 0 unspecified atom stereocenters. The van der Waals surface area contributed by atoms with E-state index in [0.29, 0.717) is 6.61 Å². The standard InChI is InChI=1S/C15H21N3O2/c1-12-13(11-17-18(12)2)10-16-8-9-20-15-7-5-4-6-14(15)19-3/h4-7,11,16H,8-10H2,1-3H3. The van der Waals surface area contributed by atoms with E-state index in [2.05, 4.69) is 17.3 Å². The molecule has 1 aromatic carbocycles. The van der Waals surface area contributed by atoms with E-state index in [4.69, 9.17) is 9.47 Å². The van der Waals surface area contributed by atoms with Crippen molar-refractivity contribution in [1.82, 2.24) is 15.1 Å². The van der Waals surface area contributed by atoms with E-state index in [1.54, 1.807) is 7.11 Å². The Labute approximate surface area is 119 Å². The smallest absolute Gasteiger partial charge is 0.161 e. The maximum Gasteiger partial charge on any atom is 0.161 e. The lowest BCUT2D eigenvalue weighted by atomic mass is 10.2. The van der Waals surface area contributed by atoms with Crippen molar-refractivity contribution in [3.8, 4) is 11.5 Å². The van der Waals surface area contributed by atoms with Crippen LogP contribution in [-0.4, -0.2) is 30.0 Å². The summed E-state index contributed by atoms with van der Waals surface area (Å²) < 4.78 is 12.8. The molecule has 0 saturated heterocycles. The zero-order valence-electron chi connectivity index (χ0n) is 12.2. The molecule has 0 atom stereocenters. The molecule has 20 heavy (non-hydrogen) atoms. The Morgan fingerprint density at radius 1 is 1.25 bits per heavy atom. The molecular formula is C15H21N3O2. The number of aromatic nitrogens is 2. The predicted molar refractivity (Wildman–Crippen MR) is 78.1 cm³/mol. The molecule has 0 saturated carbocycles. The highest BCUT2D eigenvalue weighted by Crippen LogP contribution is 2.25. The largest absolute Gasteiger partial charge is 0.493 e. The number of hydrogen-bond donors (Lipinski definition) is 1. The molecule has 0 fully saturated rings. The second-order valence-electron chi connectivity index (χ2n) is 4.55. The molecule has 108 valence electrons. The molecule has 1 aromatic heterocycles. The fourth-order valence-corrected chi connectivity index (χ4v) is 1.91. The molecule has 2 rings (SSSR count). The van der Waals surface area contributed by atoms with Crippen LogP contribution < -0.4 is 14.8 Å². The van der Waals surface area contributed by atoms with Crippen LogP contribution in [0.5, 0.6) is 11.5 Å². The van der Waals surface area contributed by atoms with Crippen molar-refractivity contribution in [2.75, 3.05) is 20.3 Å². The van der Waals surface area contributed by atoms with Crippen LogP contribution in [0.15, 0.2) is 30.5 Å². The van der Waals surface area contributed by atoms with Crippen LogP contribution in [-0.2, 0) is 13.6 Å². The lowest BCUT2D eigenvalue weighted by Crippen LogP contribution is -2.21. The minimum Gasteiger partial charge on any atom is -0.493 e. The average molecular weight is 275 g/mol. The zero-order chi connectivity index (χ0) is 14.4. The summed E-state index contributed by atoms with van der Waals surface area (Å²) in [5.74, 6) is 1.53. The first-order valence-corrected chi connectivity index (χ1v) is 6.66. The summed E-state index contributed by atoms with van der Waals surface area (Å²) >= 11 is 0. The Kier molecular flexibility index (Phi) is 5.01. The van der Waals surface area contributed by atoms with Crippen LogP contribution in [0.25, 0.3) is 0 Å². The quantitative estimate of drug-likeness (QED) is 0.784. The Balaban J connectivity index is 1.73. The molecule has 0 spiro atoms. The number of aryl methyl sites for hydroxylation is 1. The number of nitrogens with one attached hydrogen (secondary N) is 1. The molecule has 1 N–H and O–H groups in total. The van der Waals surface area contributed by atoms with Gasteiger partial charge in [-0.15, -0.1) is 0 Å². The normalized spacial score (nSPS) is 10.6. The second kappa shape index (κ2) is 6.96. The van der Waals surface area contributed by atoms with Gasteiger partial charge >= 0.3 is 0 Å². The van der Waals surface area contributed by atoms with Crippen LogP contribution in [0.4, 0.5) is 0 Å². The van der Waals surface area contributed by atoms with Gasteiger partial charge in [0, 0.05) is 31.4 Å². The Morgan fingerprint density at radius 3 is 2.65 bits per heavy atom. The molecule has 0 aliphatic rings. The highest BCUT2D eigenvalue weighted by Gasteiger charge is 2.04. The van der Waals surface area contributed by atoms with Gasteiger partial charge in [-0.05, 0) is 19.1 Å². The molecular weight excluding hydrogens is 254 g/mol. The maximum absolute atomic E-state index is 5.69. The molecule has 0 radical (unpaired) electrons. The number of para-hydroxylation sites is 2. The first-order valence-electron chi connectivity index (χ1n) is 6.66. The summed E-state index contributed by atoms with van der Waals surface area (Å²) in [6.45, 7) is 4.23. The first-order chi connectivity index (χ1) is 9.72. The van der Waals surface area contributed by atoms with Crippen molar-refractivity contribution in [2.45, 2.75) is 13.5 Å². The van der Waals surface area contributed by atoms with E-state index < -0.39 is 0 Å². The zero-order valence-corrected chi connectivity index (χ0v) is 12.2. The number of benzene rings is 1. The number of ether oxygens (including phenoxy) is 2. The van der Waals surface area contributed by atoms with Crippen molar-refractivity contribution in [2.24, 2.45) is 7.05 Å². The van der Waals surface area contributed by atoms with Crippen molar-refractivity contribution in [3.05, 3.63) is 41.7 Å². The number of nitrogens with zero attached hydrogens (tertiary/aromatic N) is 2. The topological polar surface area (TPSA) is 48.3 Å². The van der Waals surface area contributed by atoms with Crippen molar-refractivity contribution >= 4 is 0 Å². The van der Waals surface area contributed by atoms with Gasteiger partial charge in [-0.3, -0.25) is 4.68 Å². The molecule has 0 amide bonds. The van der Waals surface area contributed by atoms with Gasteiger partial charge < -0.3 is 14.8 Å². The molecule has 0 aliphatic carbocycles. The van der Waals surface area contributed by atoms with Crippen LogP contribution in [0, 0.1) is 6.92 Å². The van der Waals surface area contributed by atoms with Gasteiger partial charge in [0.2, 0.25) is 0 Å². The molecule has 2 aromatic rings. The van der Waals surface area contributed by atoms with E-state index in [1.807, 2.05) is 42.2 Å². The van der Waals surface area contributed by atoms with Gasteiger partial charge in [-0.25, -0.2) is 0 Å². The van der Waals surface area contributed by atoms with E-state index in [1.165, 1.54) is 11.3 Å². The molecule has 0 aliphatic heterocycles. The van der Waals surface area contributed by atoms with Crippen molar-refractivity contribution < 1.29 is 9.47 Å². The summed E-state index contributed by atoms with van der Waals surface area (Å²) in [6.07, 6.45) is 1.89. The second-order valence-corrected chi connectivity index (χ2v) is 4.55. The molecule has 5 heteroatoms. The first kappa shape index (κ1) is 14.4. The lowest BCUT2D eigenvalue weighted by molar-refractivity contribution is 0.292. The fraction of sp³-hybridized carbons (Fsp3) is 0.400. The third kappa shape index (κ3) is 3.51. The van der Waals surface area contributed by atoms with Gasteiger partial charge in [-0.2, -0.15) is 5.10 Å². The average Bonchev–Trinajstić information content (AvgIpc) is 2.79. The summed E-state index contributed by atoms with van der Waals surface area (Å²) in [5.41, 5.74) is 2.40. The predicted octanol–water partition coefficient (Wildman–Crippen LogP) is 1.91. The van der Waals surface area contributed by atoms with Gasteiger partial charge in [0.15, 0.2) is 11.5 Å². The summed E-state index contributed by atoms with van der Waals surface area (Å²) in [4.78, 5) is 0.